The van der Waals surface area contributed by atoms with Crippen molar-refractivity contribution in [1.29, 1.82) is 0 Å². The Hall–Kier alpha value is -3.48. The van der Waals surface area contributed by atoms with Gasteiger partial charge in [-0.15, -0.1) is 0 Å². The Labute approximate surface area is 156 Å². The number of carbonyl (C=O) groups is 3. The van der Waals surface area contributed by atoms with Crippen LogP contribution in [0.3, 0.4) is 0 Å². The highest BCUT2D eigenvalue weighted by Gasteiger charge is 2.29. The van der Waals surface area contributed by atoms with Gasteiger partial charge in [-0.25, -0.2) is 0 Å². The number of ether oxygens (including phenoxy) is 1. The normalized spacial score (nSPS) is 16.0. The number of Topliss-reactive ketones (excluding diaryl/α,β-unsaturated/α-hetero) is 1. The van der Waals surface area contributed by atoms with Crippen LogP contribution in [0, 0.1) is 0 Å². The number of esters is 1. The molecule has 0 saturated carbocycles. The maximum absolute atomic E-state index is 12.7. The minimum Gasteiger partial charge on any atom is -0.427 e. The van der Waals surface area contributed by atoms with E-state index in [2.05, 4.69) is 10.4 Å². The molecule has 0 fully saturated rings. The lowest BCUT2D eigenvalue weighted by Crippen LogP contribution is -2.43. The van der Waals surface area contributed by atoms with Crippen LogP contribution in [0.25, 0.3) is 0 Å². The molecular weight excluding hydrogens is 346 g/mol. The predicted octanol–water partition coefficient (Wildman–Crippen LogP) is 1.83. The van der Waals surface area contributed by atoms with Gasteiger partial charge in [0.1, 0.15) is 5.75 Å². The first-order chi connectivity index (χ1) is 13.0. The van der Waals surface area contributed by atoms with Gasteiger partial charge in [0, 0.05) is 18.1 Å². The minimum absolute atomic E-state index is 0.147. The van der Waals surface area contributed by atoms with E-state index in [9.17, 15) is 14.4 Å². The van der Waals surface area contributed by atoms with Gasteiger partial charge in [0.05, 0.1) is 12.3 Å². The van der Waals surface area contributed by atoms with Gasteiger partial charge in [-0.3, -0.25) is 14.4 Å². The van der Waals surface area contributed by atoms with Crippen LogP contribution in [0.1, 0.15) is 45.2 Å². The molecule has 2 aromatic rings. The number of aryl methyl sites for hydroxylation is 1. The first-order valence-electron chi connectivity index (χ1n) is 8.47. The third-order valence-electron chi connectivity index (χ3n) is 4.32. The Morgan fingerprint density at radius 3 is 2.63 bits per heavy atom. The summed E-state index contributed by atoms with van der Waals surface area (Å²) in [5.41, 5.74) is 2.58. The van der Waals surface area contributed by atoms with Crippen LogP contribution in [0.4, 0.5) is 0 Å². The van der Waals surface area contributed by atoms with Crippen molar-refractivity contribution < 1.29 is 19.1 Å². The summed E-state index contributed by atoms with van der Waals surface area (Å²) in [6, 6.07) is 11.1. The number of rotatable bonds is 4. The zero-order valence-corrected chi connectivity index (χ0v) is 14.8. The van der Waals surface area contributed by atoms with Gasteiger partial charge in [0.15, 0.2) is 5.78 Å². The quantitative estimate of drug-likeness (QED) is 0.282. The van der Waals surface area contributed by atoms with E-state index in [1.165, 1.54) is 13.1 Å². The third-order valence-corrected chi connectivity index (χ3v) is 4.32. The van der Waals surface area contributed by atoms with E-state index in [1.807, 2.05) is 0 Å². The highest BCUT2D eigenvalue weighted by atomic mass is 16.5. The van der Waals surface area contributed by atoms with E-state index in [0.29, 0.717) is 29.7 Å². The summed E-state index contributed by atoms with van der Waals surface area (Å²) < 4.78 is 5.05. The molecule has 3 rings (SSSR count). The number of amides is 1. The Balaban J connectivity index is 1.71. The number of hydrogen-bond acceptors (Lipinski definition) is 6. The molecule has 1 aliphatic rings. The summed E-state index contributed by atoms with van der Waals surface area (Å²) in [7, 11) is 0. The second kappa shape index (κ2) is 7.82. The molecule has 1 aliphatic carbocycles. The number of nitrogens with one attached hydrogen (secondary N) is 1. The van der Waals surface area contributed by atoms with Crippen molar-refractivity contribution in [2.75, 3.05) is 0 Å². The van der Waals surface area contributed by atoms with Crippen LogP contribution < -0.4 is 15.9 Å². The molecule has 0 spiro atoms. The fourth-order valence-corrected chi connectivity index (χ4v) is 3.05. The average molecular weight is 365 g/mol. The first kappa shape index (κ1) is 18.3. The maximum Gasteiger partial charge on any atom is 0.308 e. The van der Waals surface area contributed by atoms with E-state index in [0.717, 1.165) is 11.1 Å². The van der Waals surface area contributed by atoms with Crippen LogP contribution in [0.15, 0.2) is 47.6 Å². The number of hydrazone groups is 1. The lowest BCUT2D eigenvalue weighted by Gasteiger charge is -2.24. The van der Waals surface area contributed by atoms with E-state index >= 15 is 0 Å². The van der Waals surface area contributed by atoms with Crippen molar-refractivity contribution in [1.82, 2.24) is 5.32 Å². The van der Waals surface area contributed by atoms with Crippen LogP contribution in [-0.4, -0.2) is 29.9 Å². The lowest BCUT2D eigenvalue weighted by atomic mass is 9.87. The molecule has 0 aromatic heterocycles. The second-order valence-electron chi connectivity index (χ2n) is 6.24. The summed E-state index contributed by atoms with van der Waals surface area (Å²) >= 11 is 0. The summed E-state index contributed by atoms with van der Waals surface area (Å²) in [6.45, 7) is 1.32. The number of benzene rings is 2. The zero-order valence-electron chi connectivity index (χ0n) is 14.8. The fraction of sp³-hybridized carbons (Fsp3) is 0.200. The van der Waals surface area contributed by atoms with Gasteiger partial charge in [-0.05, 0) is 54.3 Å². The van der Waals surface area contributed by atoms with Gasteiger partial charge in [0.2, 0.25) is 0 Å². The molecule has 0 aliphatic heterocycles. The first-order valence-corrected chi connectivity index (χ1v) is 8.47. The van der Waals surface area contributed by atoms with Crippen molar-refractivity contribution in [3.63, 3.8) is 0 Å². The number of nitrogens with two attached hydrogens (primary N) is 1. The van der Waals surface area contributed by atoms with Crippen LogP contribution in [0.5, 0.6) is 5.75 Å². The van der Waals surface area contributed by atoms with E-state index in [1.54, 1.807) is 42.5 Å². The largest absolute Gasteiger partial charge is 0.427 e. The number of nitrogens with zero attached hydrogens (tertiary/aromatic N) is 1. The van der Waals surface area contributed by atoms with E-state index in [4.69, 9.17) is 10.6 Å². The molecule has 3 N–H and O–H groups in total. The molecule has 2 aromatic carbocycles. The molecule has 0 heterocycles. The van der Waals surface area contributed by atoms with Gasteiger partial charge in [-0.1, -0.05) is 12.1 Å². The van der Waals surface area contributed by atoms with Crippen molar-refractivity contribution in [2.45, 2.75) is 25.8 Å². The molecule has 0 bridgehead atoms. The molecule has 0 saturated heterocycles. The van der Waals surface area contributed by atoms with Crippen molar-refractivity contribution in [2.24, 2.45) is 10.9 Å². The standard InChI is InChI=1S/C20H19N3O4/c1-12(24)27-16-7-8-17-15(10-16)6-9-18(19(17)25)23-20(26)14-4-2-13(3-5-14)11-22-21/h2-5,7-8,10-11,18H,6,9,21H2,1H3,(H,23,26). The molecule has 1 amide bonds. The molecule has 7 heteroatoms. The van der Waals surface area contributed by atoms with Crippen molar-refractivity contribution >= 4 is 23.9 Å². The SMILES string of the molecule is CC(=O)Oc1ccc2c(c1)CCC(NC(=O)c1ccc(C=NN)cc1)C2=O. The highest BCUT2D eigenvalue weighted by molar-refractivity contribution is 6.06. The number of fused-ring (bicyclic) bond motifs is 1. The van der Waals surface area contributed by atoms with Gasteiger partial charge < -0.3 is 15.9 Å². The Kier molecular flexibility index (Phi) is 5.30. The second-order valence-corrected chi connectivity index (χ2v) is 6.24. The third kappa shape index (κ3) is 4.20. The Morgan fingerprint density at radius 1 is 1.22 bits per heavy atom. The topological polar surface area (TPSA) is 111 Å². The van der Waals surface area contributed by atoms with Gasteiger partial charge >= 0.3 is 5.97 Å². The summed E-state index contributed by atoms with van der Waals surface area (Å²) in [4.78, 5) is 36.2. The monoisotopic (exact) mass is 365 g/mol. The fourth-order valence-electron chi connectivity index (χ4n) is 3.05. The van der Waals surface area contributed by atoms with Gasteiger partial charge in [0.25, 0.3) is 5.91 Å². The number of carbonyl (C=O) groups excluding carboxylic acids is 3. The van der Waals surface area contributed by atoms with E-state index < -0.39 is 12.0 Å². The molecular formula is C20H19N3O4. The Morgan fingerprint density at radius 2 is 1.96 bits per heavy atom. The smallest absolute Gasteiger partial charge is 0.308 e. The average Bonchev–Trinajstić information content (AvgIpc) is 2.64. The van der Waals surface area contributed by atoms with Crippen LogP contribution in [0.2, 0.25) is 0 Å². The molecule has 1 atom stereocenters. The molecule has 27 heavy (non-hydrogen) atoms. The molecule has 138 valence electrons. The summed E-state index contributed by atoms with van der Waals surface area (Å²) in [5, 5.41) is 6.22. The van der Waals surface area contributed by atoms with Crippen LogP contribution in [-0.2, 0) is 11.2 Å². The number of ketones is 1. The number of hydrogen-bond donors (Lipinski definition) is 2. The van der Waals surface area contributed by atoms with Gasteiger partial charge in [-0.2, -0.15) is 5.10 Å². The van der Waals surface area contributed by atoms with Crippen LogP contribution >= 0.6 is 0 Å². The summed E-state index contributed by atoms with van der Waals surface area (Å²) in [5.74, 6) is 4.64. The Bertz CT molecular complexity index is 919. The predicted molar refractivity (Wildman–Crippen MR) is 99.9 cm³/mol. The van der Waals surface area contributed by atoms with E-state index in [-0.39, 0.29) is 11.7 Å². The minimum atomic E-state index is -0.588. The molecule has 1 unspecified atom stereocenters. The highest BCUT2D eigenvalue weighted by Crippen LogP contribution is 2.26. The summed E-state index contributed by atoms with van der Waals surface area (Å²) in [6.07, 6.45) is 2.57. The zero-order chi connectivity index (χ0) is 19.4. The molecule has 0 radical (unpaired) electrons. The van der Waals surface area contributed by atoms with Crippen molar-refractivity contribution in [3.05, 3.63) is 64.7 Å². The van der Waals surface area contributed by atoms with Crippen molar-refractivity contribution in [3.8, 4) is 5.75 Å². The molecule has 7 nitrogen and oxygen atoms in total. The maximum atomic E-state index is 12.7. The lowest BCUT2D eigenvalue weighted by molar-refractivity contribution is -0.131.